The van der Waals surface area contributed by atoms with E-state index in [9.17, 15) is 9.18 Å². The number of hydrogen-bond donors (Lipinski definition) is 1. The lowest BCUT2D eigenvalue weighted by atomic mass is 10.2. The van der Waals surface area contributed by atoms with E-state index >= 15 is 0 Å². The second-order valence-electron chi connectivity index (χ2n) is 5.21. The van der Waals surface area contributed by atoms with Crippen LogP contribution in [0.4, 0.5) is 10.1 Å². The van der Waals surface area contributed by atoms with Crippen molar-refractivity contribution in [3.63, 3.8) is 0 Å². The van der Waals surface area contributed by atoms with Crippen LogP contribution in [-0.4, -0.2) is 21.8 Å². The number of thioether (sulfide) groups is 1. The first-order valence-corrected chi connectivity index (χ1v) is 8.88. The highest BCUT2D eigenvalue weighted by molar-refractivity contribution is 7.98. The fraction of sp³-hybridized carbons (Fsp3) is 0.167. The molecule has 1 aromatic heterocycles. The molecule has 0 spiro atoms. The fourth-order valence-electron chi connectivity index (χ4n) is 2.12. The van der Waals surface area contributed by atoms with Crippen LogP contribution in [0.2, 0.25) is 0 Å². The van der Waals surface area contributed by atoms with Crippen LogP contribution in [0.5, 0.6) is 0 Å². The molecular formula is C18H16FN3O2S. The van der Waals surface area contributed by atoms with Gasteiger partial charge in [0.2, 0.25) is 17.6 Å². The summed E-state index contributed by atoms with van der Waals surface area (Å²) < 4.78 is 18.7. The van der Waals surface area contributed by atoms with E-state index in [0.29, 0.717) is 23.2 Å². The summed E-state index contributed by atoms with van der Waals surface area (Å²) in [6, 6.07) is 15.7. The molecule has 128 valence electrons. The third-order valence-electron chi connectivity index (χ3n) is 3.35. The smallest absolute Gasteiger partial charge is 0.236 e. The van der Waals surface area contributed by atoms with Gasteiger partial charge in [-0.3, -0.25) is 4.79 Å². The largest absolute Gasteiger partial charge is 0.338 e. The van der Waals surface area contributed by atoms with Crippen molar-refractivity contribution in [2.24, 2.45) is 0 Å². The van der Waals surface area contributed by atoms with Crippen LogP contribution in [0.1, 0.15) is 12.3 Å². The molecule has 25 heavy (non-hydrogen) atoms. The molecule has 5 nitrogen and oxygen atoms in total. The molecule has 3 aromatic rings. The van der Waals surface area contributed by atoms with Gasteiger partial charge >= 0.3 is 0 Å². The maximum Gasteiger partial charge on any atom is 0.236 e. The molecule has 0 unspecified atom stereocenters. The lowest BCUT2D eigenvalue weighted by Crippen LogP contribution is -2.13. The summed E-state index contributed by atoms with van der Waals surface area (Å²) in [5, 5.41) is 6.50. The van der Waals surface area contributed by atoms with Crippen molar-refractivity contribution in [2.75, 3.05) is 11.1 Å². The topological polar surface area (TPSA) is 68.0 Å². The van der Waals surface area contributed by atoms with E-state index in [1.807, 2.05) is 30.3 Å². The quantitative estimate of drug-likeness (QED) is 0.644. The first-order chi connectivity index (χ1) is 12.2. The summed E-state index contributed by atoms with van der Waals surface area (Å²) in [6.45, 7) is 0. The van der Waals surface area contributed by atoms with Gasteiger partial charge in [0.25, 0.3) is 0 Å². The van der Waals surface area contributed by atoms with Gasteiger partial charge in [0, 0.05) is 17.7 Å². The number of carbonyl (C=O) groups excluding carboxylic acids is 1. The SMILES string of the molecule is O=C(CCSCc1nc(-c2ccccc2)no1)Nc1ccccc1F. The normalized spacial score (nSPS) is 10.6. The Balaban J connectivity index is 1.42. The second kappa shape index (κ2) is 8.43. The van der Waals surface area contributed by atoms with Gasteiger partial charge in [-0.1, -0.05) is 47.6 Å². The molecule has 0 atom stereocenters. The average Bonchev–Trinajstić information content (AvgIpc) is 3.10. The fourth-order valence-corrected chi connectivity index (χ4v) is 2.88. The number of halogens is 1. The molecule has 1 amide bonds. The molecule has 0 bridgehead atoms. The van der Waals surface area contributed by atoms with E-state index < -0.39 is 5.82 Å². The molecule has 3 rings (SSSR count). The van der Waals surface area contributed by atoms with Crippen LogP contribution < -0.4 is 5.32 Å². The van der Waals surface area contributed by atoms with Gasteiger partial charge in [0.1, 0.15) is 5.82 Å². The highest BCUT2D eigenvalue weighted by Crippen LogP contribution is 2.18. The van der Waals surface area contributed by atoms with Gasteiger partial charge in [-0.2, -0.15) is 16.7 Å². The minimum Gasteiger partial charge on any atom is -0.338 e. The molecule has 0 fully saturated rings. The van der Waals surface area contributed by atoms with Crippen molar-refractivity contribution >= 4 is 23.4 Å². The number of para-hydroxylation sites is 1. The Labute approximate surface area is 148 Å². The summed E-state index contributed by atoms with van der Waals surface area (Å²) in [6.07, 6.45) is 0.276. The molecule has 7 heteroatoms. The zero-order chi connectivity index (χ0) is 17.5. The first-order valence-electron chi connectivity index (χ1n) is 7.72. The summed E-state index contributed by atoms with van der Waals surface area (Å²) in [5.74, 6) is 1.48. The predicted molar refractivity (Wildman–Crippen MR) is 95.5 cm³/mol. The zero-order valence-electron chi connectivity index (χ0n) is 13.3. The van der Waals surface area contributed by atoms with Gasteiger partial charge < -0.3 is 9.84 Å². The maximum atomic E-state index is 13.5. The molecule has 2 aromatic carbocycles. The number of rotatable bonds is 7. The Morgan fingerprint density at radius 3 is 2.68 bits per heavy atom. The highest BCUT2D eigenvalue weighted by atomic mass is 32.2. The lowest BCUT2D eigenvalue weighted by Gasteiger charge is -2.05. The number of amides is 1. The summed E-state index contributed by atoms with van der Waals surface area (Å²) in [7, 11) is 0. The molecule has 0 saturated heterocycles. The molecule has 0 radical (unpaired) electrons. The van der Waals surface area contributed by atoms with Crippen LogP contribution in [-0.2, 0) is 10.5 Å². The van der Waals surface area contributed by atoms with Crippen molar-refractivity contribution < 1.29 is 13.7 Å². The van der Waals surface area contributed by atoms with E-state index in [1.165, 1.54) is 23.9 Å². The lowest BCUT2D eigenvalue weighted by molar-refractivity contribution is -0.115. The Kier molecular flexibility index (Phi) is 5.79. The number of anilines is 1. The monoisotopic (exact) mass is 357 g/mol. The van der Waals surface area contributed by atoms with Crippen LogP contribution in [0.25, 0.3) is 11.4 Å². The summed E-state index contributed by atoms with van der Waals surface area (Å²) >= 11 is 1.51. The number of nitrogens with one attached hydrogen (secondary N) is 1. The zero-order valence-corrected chi connectivity index (χ0v) is 14.1. The van der Waals surface area contributed by atoms with Crippen molar-refractivity contribution in [1.82, 2.24) is 10.1 Å². The van der Waals surface area contributed by atoms with Gasteiger partial charge in [-0.15, -0.1) is 0 Å². The van der Waals surface area contributed by atoms with E-state index in [2.05, 4.69) is 15.5 Å². The number of hydrogen-bond acceptors (Lipinski definition) is 5. The van der Waals surface area contributed by atoms with E-state index in [1.54, 1.807) is 12.1 Å². The molecule has 1 heterocycles. The molecule has 0 aliphatic rings. The Bertz CT molecular complexity index is 839. The third kappa shape index (κ3) is 4.90. The summed E-state index contributed by atoms with van der Waals surface area (Å²) in [5.41, 5.74) is 1.09. The summed E-state index contributed by atoms with van der Waals surface area (Å²) in [4.78, 5) is 16.2. The maximum absolute atomic E-state index is 13.5. The van der Waals surface area contributed by atoms with Crippen molar-refractivity contribution in [3.05, 3.63) is 66.3 Å². The van der Waals surface area contributed by atoms with Gasteiger partial charge in [0.15, 0.2) is 0 Å². The van der Waals surface area contributed by atoms with Crippen LogP contribution in [0.15, 0.2) is 59.1 Å². The molecule has 1 N–H and O–H groups in total. The van der Waals surface area contributed by atoms with Crippen LogP contribution in [0, 0.1) is 5.82 Å². The Hall–Kier alpha value is -2.67. The van der Waals surface area contributed by atoms with Crippen molar-refractivity contribution in [2.45, 2.75) is 12.2 Å². The van der Waals surface area contributed by atoms with Gasteiger partial charge in [0.05, 0.1) is 11.4 Å². The average molecular weight is 357 g/mol. The first kappa shape index (κ1) is 17.2. The second-order valence-corrected chi connectivity index (χ2v) is 6.31. The molecule has 0 saturated carbocycles. The minimum atomic E-state index is -0.442. The third-order valence-corrected chi connectivity index (χ3v) is 4.29. The molecular weight excluding hydrogens is 341 g/mol. The Morgan fingerprint density at radius 1 is 1.12 bits per heavy atom. The van der Waals surface area contributed by atoms with E-state index in [4.69, 9.17) is 4.52 Å². The standard InChI is InChI=1S/C18H16FN3O2S/c19-14-8-4-5-9-15(14)20-16(23)10-11-25-12-17-21-18(22-24-17)13-6-2-1-3-7-13/h1-9H,10-12H2,(H,20,23). The van der Waals surface area contributed by atoms with Crippen LogP contribution in [0.3, 0.4) is 0 Å². The highest BCUT2D eigenvalue weighted by Gasteiger charge is 2.09. The number of benzene rings is 2. The van der Waals surface area contributed by atoms with Crippen molar-refractivity contribution in [1.29, 1.82) is 0 Å². The minimum absolute atomic E-state index is 0.196. The molecule has 0 aliphatic heterocycles. The van der Waals surface area contributed by atoms with Gasteiger partial charge in [-0.05, 0) is 12.1 Å². The van der Waals surface area contributed by atoms with E-state index in [0.717, 1.165) is 5.56 Å². The Morgan fingerprint density at radius 2 is 1.88 bits per heavy atom. The van der Waals surface area contributed by atoms with Crippen molar-refractivity contribution in [3.8, 4) is 11.4 Å². The number of aromatic nitrogens is 2. The van der Waals surface area contributed by atoms with Gasteiger partial charge in [-0.25, -0.2) is 4.39 Å². The number of carbonyl (C=O) groups is 1. The molecule has 0 aliphatic carbocycles. The predicted octanol–water partition coefficient (Wildman–Crippen LogP) is 4.14. The van der Waals surface area contributed by atoms with Crippen LogP contribution >= 0.6 is 11.8 Å². The van der Waals surface area contributed by atoms with E-state index in [-0.39, 0.29) is 18.0 Å². The number of nitrogens with zero attached hydrogens (tertiary/aromatic N) is 2.